The molecule has 1 atom stereocenters. The maximum absolute atomic E-state index is 12.3. The van der Waals surface area contributed by atoms with Crippen LogP contribution in [0.4, 0.5) is 0 Å². The van der Waals surface area contributed by atoms with Crippen LogP contribution in [0.5, 0.6) is 5.75 Å². The largest absolute Gasteiger partial charge is 0.484 e. The minimum absolute atomic E-state index is 0.0193. The second kappa shape index (κ2) is 8.37. The van der Waals surface area contributed by atoms with Crippen LogP contribution < -0.4 is 15.0 Å². The van der Waals surface area contributed by atoms with Crippen molar-refractivity contribution in [2.75, 3.05) is 27.2 Å². The van der Waals surface area contributed by atoms with Gasteiger partial charge in [0.1, 0.15) is 23.1 Å². The molecule has 1 aliphatic carbocycles. The smallest absolute Gasteiger partial charge is 0.258 e. The molecule has 2 heterocycles. The van der Waals surface area contributed by atoms with Crippen LogP contribution in [0.1, 0.15) is 35.1 Å². The Bertz CT molecular complexity index is 946. The molecule has 4 rings (SSSR count). The number of aryl methyl sites for hydroxylation is 2. The number of hydrogen-bond donors (Lipinski definition) is 2. The normalized spacial score (nSPS) is 14.8. The van der Waals surface area contributed by atoms with Gasteiger partial charge >= 0.3 is 0 Å². The van der Waals surface area contributed by atoms with Crippen molar-refractivity contribution in [3.63, 3.8) is 0 Å². The number of carbonyl (C=O) groups is 1. The molecule has 0 saturated heterocycles. The zero-order chi connectivity index (χ0) is 19.5. The van der Waals surface area contributed by atoms with Gasteiger partial charge in [0.2, 0.25) is 0 Å². The highest BCUT2D eigenvalue weighted by molar-refractivity contribution is 7.10. The molecular weight excluding hydrogens is 372 g/mol. The Balaban J connectivity index is 1.35. The Labute approximate surface area is 169 Å². The topological polar surface area (TPSA) is 55.9 Å². The van der Waals surface area contributed by atoms with E-state index in [1.807, 2.05) is 24.3 Å². The molecule has 0 radical (unpaired) electrons. The number of fused-ring (bicyclic) bond motifs is 3. The van der Waals surface area contributed by atoms with Crippen LogP contribution in [0.2, 0.25) is 0 Å². The summed E-state index contributed by atoms with van der Waals surface area (Å²) in [5.41, 5.74) is 2.22. The first-order valence-electron chi connectivity index (χ1n) is 9.89. The van der Waals surface area contributed by atoms with E-state index >= 15 is 0 Å². The van der Waals surface area contributed by atoms with E-state index in [-0.39, 0.29) is 18.6 Å². The number of amides is 1. The summed E-state index contributed by atoms with van der Waals surface area (Å²) in [5, 5.41) is 6.20. The zero-order valence-electron chi connectivity index (χ0n) is 16.4. The van der Waals surface area contributed by atoms with E-state index in [1.165, 1.54) is 28.2 Å². The number of nitrogens with one attached hydrogen (secondary N) is 2. The van der Waals surface area contributed by atoms with E-state index in [4.69, 9.17) is 9.15 Å². The second-order valence-electron chi connectivity index (χ2n) is 7.61. The highest BCUT2D eigenvalue weighted by atomic mass is 32.1. The summed E-state index contributed by atoms with van der Waals surface area (Å²) in [4.78, 5) is 14.9. The predicted molar refractivity (Wildman–Crippen MR) is 111 cm³/mol. The summed E-state index contributed by atoms with van der Waals surface area (Å²) in [5.74, 6) is 1.73. The van der Waals surface area contributed by atoms with Crippen molar-refractivity contribution >= 4 is 28.2 Å². The van der Waals surface area contributed by atoms with Crippen LogP contribution >= 0.6 is 11.3 Å². The molecule has 28 heavy (non-hydrogen) atoms. The summed E-state index contributed by atoms with van der Waals surface area (Å²) in [7, 11) is 4.21. The van der Waals surface area contributed by atoms with Gasteiger partial charge < -0.3 is 19.4 Å². The molecule has 6 heteroatoms. The van der Waals surface area contributed by atoms with E-state index in [0.29, 0.717) is 12.3 Å². The quantitative estimate of drug-likeness (QED) is 0.642. The maximum Gasteiger partial charge on any atom is 0.258 e. The van der Waals surface area contributed by atoms with E-state index < -0.39 is 0 Å². The van der Waals surface area contributed by atoms with Crippen LogP contribution in [0.15, 0.2) is 40.1 Å². The lowest BCUT2D eigenvalue weighted by atomic mass is 9.96. The first-order chi connectivity index (χ1) is 13.6. The Hall–Kier alpha value is -2.31. The first kappa shape index (κ1) is 19.0. The van der Waals surface area contributed by atoms with Gasteiger partial charge in [-0.15, -0.1) is 11.3 Å². The molecule has 5 nitrogen and oxygen atoms in total. The van der Waals surface area contributed by atoms with Gasteiger partial charge in [0.05, 0.1) is 25.5 Å². The summed E-state index contributed by atoms with van der Waals surface area (Å²) >= 11 is 1.72. The monoisotopic (exact) mass is 399 g/mol. The van der Waals surface area contributed by atoms with Gasteiger partial charge in [-0.2, -0.15) is 0 Å². The van der Waals surface area contributed by atoms with Gasteiger partial charge in [-0.05, 0) is 48.9 Å². The Morgan fingerprint density at radius 2 is 2.14 bits per heavy atom. The van der Waals surface area contributed by atoms with Crippen molar-refractivity contribution in [1.82, 2.24) is 5.32 Å². The van der Waals surface area contributed by atoms with Gasteiger partial charge in [0.15, 0.2) is 6.61 Å². The molecule has 2 aromatic heterocycles. The van der Waals surface area contributed by atoms with Crippen molar-refractivity contribution in [1.29, 1.82) is 0 Å². The third-order valence-corrected chi connectivity index (χ3v) is 6.37. The van der Waals surface area contributed by atoms with E-state index in [2.05, 4.69) is 30.9 Å². The highest BCUT2D eigenvalue weighted by Crippen LogP contribution is 2.33. The SMILES string of the molecule is C[NH+](C)[C@H](CNC(=O)COc1ccc2oc3c(c2c1)CCCC3)c1cccs1. The predicted octanol–water partition coefficient (Wildman–Crippen LogP) is 2.75. The number of thiophene rings is 1. The lowest BCUT2D eigenvalue weighted by molar-refractivity contribution is -0.890. The first-order valence-corrected chi connectivity index (χ1v) is 10.8. The summed E-state index contributed by atoms with van der Waals surface area (Å²) in [6, 6.07) is 10.2. The molecule has 0 unspecified atom stereocenters. The average Bonchev–Trinajstić information content (AvgIpc) is 3.34. The molecule has 1 aliphatic rings. The molecule has 0 fully saturated rings. The van der Waals surface area contributed by atoms with Crippen molar-refractivity contribution in [3.05, 3.63) is 51.9 Å². The van der Waals surface area contributed by atoms with Crippen LogP contribution in [0.25, 0.3) is 11.0 Å². The summed E-state index contributed by atoms with van der Waals surface area (Å²) < 4.78 is 11.7. The van der Waals surface area contributed by atoms with Gasteiger partial charge in [0, 0.05) is 17.4 Å². The number of quaternary nitrogens is 1. The average molecular weight is 400 g/mol. The van der Waals surface area contributed by atoms with E-state index in [9.17, 15) is 4.79 Å². The number of likely N-dealkylation sites (N-methyl/N-ethyl adjacent to an activating group) is 1. The molecule has 2 N–H and O–H groups in total. The molecular formula is C22H27N2O3S+. The molecule has 1 amide bonds. The van der Waals surface area contributed by atoms with Crippen molar-refractivity contribution in [2.45, 2.75) is 31.7 Å². The standard InChI is InChI=1S/C22H26N2O3S/c1-24(2)18(21-8-5-11-28-21)13-23-22(25)14-26-15-9-10-20-17(12-15)16-6-3-4-7-19(16)27-20/h5,8-12,18H,3-4,6-7,13-14H2,1-2H3,(H,23,25)/p+1/t18-/m1/s1. The van der Waals surface area contributed by atoms with Crippen molar-refractivity contribution < 1.29 is 18.8 Å². The van der Waals surface area contributed by atoms with Gasteiger partial charge in [-0.25, -0.2) is 0 Å². The fraction of sp³-hybridized carbons (Fsp3) is 0.409. The summed E-state index contributed by atoms with van der Waals surface area (Å²) in [6.07, 6.45) is 4.47. The van der Waals surface area contributed by atoms with Crippen LogP contribution in [0, 0.1) is 0 Å². The molecule has 0 bridgehead atoms. The van der Waals surface area contributed by atoms with Crippen molar-refractivity contribution in [3.8, 4) is 5.75 Å². The molecule has 1 aromatic carbocycles. The number of benzene rings is 1. The summed E-state index contributed by atoms with van der Waals surface area (Å²) in [6.45, 7) is 0.616. The third kappa shape index (κ3) is 4.08. The van der Waals surface area contributed by atoms with Gasteiger partial charge in [-0.3, -0.25) is 4.79 Å². The molecule has 0 aliphatic heterocycles. The minimum atomic E-state index is -0.0999. The number of ether oxygens (including phenoxy) is 1. The second-order valence-corrected chi connectivity index (χ2v) is 8.59. The van der Waals surface area contributed by atoms with E-state index in [0.717, 1.165) is 29.6 Å². The van der Waals surface area contributed by atoms with Crippen LogP contribution in [0.3, 0.4) is 0 Å². The Morgan fingerprint density at radius 3 is 2.93 bits per heavy atom. The van der Waals surface area contributed by atoms with Crippen molar-refractivity contribution in [2.24, 2.45) is 0 Å². The number of carbonyl (C=O) groups excluding carboxylic acids is 1. The number of hydrogen-bond acceptors (Lipinski definition) is 4. The highest BCUT2D eigenvalue weighted by Gasteiger charge is 2.20. The number of rotatable bonds is 7. The number of furan rings is 1. The Morgan fingerprint density at radius 1 is 1.29 bits per heavy atom. The van der Waals surface area contributed by atoms with Crippen LogP contribution in [-0.2, 0) is 17.6 Å². The minimum Gasteiger partial charge on any atom is -0.484 e. The fourth-order valence-corrected chi connectivity index (χ4v) is 4.78. The fourth-order valence-electron chi connectivity index (χ4n) is 3.83. The van der Waals surface area contributed by atoms with Gasteiger partial charge in [-0.1, -0.05) is 6.07 Å². The molecule has 148 valence electrons. The lowest BCUT2D eigenvalue weighted by Gasteiger charge is -2.20. The zero-order valence-corrected chi connectivity index (χ0v) is 17.2. The lowest BCUT2D eigenvalue weighted by Crippen LogP contribution is -3.06. The molecule has 3 aromatic rings. The van der Waals surface area contributed by atoms with Crippen LogP contribution in [-0.4, -0.2) is 33.2 Å². The maximum atomic E-state index is 12.3. The van der Waals surface area contributed by atoms with Gasteiger partial charge in [0.25, 0.3) is 5.91 Å². The third-order valence-electron chi connectivity index (χ3n) is 5.38. The van der Waals surface area contributed by atoms with E-state index in [1.54, 1.807) is 11.3 Å². The Kier molecular flexibility index (Phi) is 5.69. The molecule has 0 spiro atoms. The molecule has 0 saturated carbocycles.